The van der Waals surface area contributed by atoms with Crippen LogP contribution in [0.3, 0.4) is 0 Å². The molecule has 1 atom stereocenters. The highest BCUT2D eigenvalue weighted by Crippen LogP contribution is 2.08. The van der Waals surface area contributed by atoms with E-state index < -0.39 is 18.2 Å². The van der Waals surface area contributed by atoms with Crippen LogP contribution in [0.4, 0.5) is 9.59 Å². The molecular weight excluding hydrogens is 288 g/mol. The van der Waals surface area contributed by atoms with Crippen molar-refractivity contribution in [2.45, 2.75) is 39.7 Å². The molecule has 0 radical (unpaired) electrons. The van der Waals surface area contributed by atoms with Crippen molar-refractivity contribution in [3.8, 4) is 0 Å². The zero-order valence-electron chi connectivity index (χ0n) is 13.3. The van der Waals surface area contributed by atoms with Crippen molar-refractivity contribution in [2.75, 3.05) is 13.2 Å². The summed E-state index contributed by atoms with van der Waals surface area (Å²) in [7, 11) is 0. The molecule has 1 N–H and O–H groups in total. The molecule has 7 nitrogen and oxygen atoms in total. The Kier molecular flexibility index (Phi) is 11.1. The monoisotopic (exact) mass is 312 g/mol. The Balaban J connectivity index is 5.17. The summed E-state index contributed by atoms with van der Waals surface area (Å²) in [4.78, 5) is 34.1. The van der Waals surface area contributed by atoms with E-state index in [0.717, 1.165) is 11.4 Å². The van der Waals surface area contributed by atoms with E-state index in [1.807, 2.05) is 19.1 Å². The van der Waals surface area contributed by atoms with Crippen molar-refractivity contribution in [1.29, 1.82) is 0 Å². The van der Waals surface area contributed by atoms with E-state index in [4.69, 9.17) is 9.47 Å². The molecule has 0 aromatic carbocycles. The molecule has 0 aliphatic rings. The average Bonchev–Trinajstić information content (AvgIpc) is 2.49. The van der Waals surface area contributed by atoms with Crippen LogP contribution in [-0.2, 0) is 14.3 Å². The fourth-order valence-corrected chi connectivity index (χ4v) is 1.56. The Hall–Kier alpha value is -2.31. The molecule has 22 heavy (non-hydrogen) atoms. The van der Waals surface area contributed by atoms with Crippen LogP contribution in [-0.4, -0.2) is 42.7 Å². The van der Waals surface area contributed by atoms with Gasteiger partial charge in [-0.1, -0.05) is 25.2 Å². The molecule has 7 heteroatoms. The molecule has 0 aliphatic heterocycles. The lowest BCUT2D eigenvalue weighted by Crippen LogP contribution is -2.51. The zero-order valence-corrected chi connectivity index (χ0v) is 13.3. The van der Waals surface area contributed by atoms with E-state index in [1.54, 1.807) is 13.8 Å². The van der Waals surface area contributed by atoms with Crippen molar-refractivity contribution in [2.24, 2.45) is 0 Å². The standard InChI is InChI=1S/C15H24N2O5/c1-4-7-8-10-13(11-9-12-18)17(15(20)22-6-3)16-14(19)21-5-2/h7-9,11-13H,4-6,10H2,1-3H3,(H,16,19)/b8-7+,11-9+/t13-/m0/s1. The Morgan fingerprint density at radius 1 is 1.14 bits per heavy atom. The van der Waals surface area contributed by atoms with E-state index in [9.17, 15) is 14.4 Å². The summed E-state index contributed by atoms with van der Waals surface area (Å²) in [5.41, 5.74) is 2.33. The molecular formula is C15H24N2O5. The third-order valence-corrected chi connectivity index (χ3v) is 2.48. The lowest BCUT2D eigenvalue weighted by atomic mass is 10.1. The van der Waals surface area contributed by atoms with Gasteiger partial charge in [0.15, 0.2) is 0 Å². The van der Waals surface area contributed by atoms with Crippen LogP contribution in [0.5, 0.6) is 0 Å². The minimum absolute atomic E-state index is 0.161. The predicted octanol–water partition coefficient (Wildman–Crippen LogP) is 2.59. The fraction of sp³-hybridized carbons (Fsp3) is 0.533. The molecule has 0 aromatic rings. The van der Waals surface area contributed by atoms with Crippen molar-refractivity contribution < 1.29 is 23.9 Å². The van der Waals surface area contributed by atoms with Crippen molar-refractivity contribution in [3.63, 3.8) is 0 Å². The quantitative estimate of drug-likeness (QED) is 0.322. The number of nitrogens with one attached hydrogen (secondary N) is 1. The molecule has 0 bridgehead atoms. The molecule has 0 fully saturated rings. The summed E-state index contributed by atoms with van der Waals surface area (Å²) < 4.78 is 9.69. The number of carbonyl (C=O) groups excluding carboxylic acids is 3. The molecule has 0 aromatic heterocycles. The van der Waals surface area contributed by atoms with Crippen LogP contribution >= 0.6 is 0 Å². The predicted molar refractivity (Wildman–Crippen MR) is 82.1 cm³/mol. The summed E-state index contributed by atoms with van der Waals surface area (Å²) in [6, 6.07) is -0.559. The Bertz CT molecular complexity index is 407. The first-order valence-corrected chi connectivity index (χ1v) is 7.26. The van der Waals surface area contributed by atoms with Gasteiger partial charge < -0.3 is 9.47 Å². The number of hydrogen-bond acceptors (Lipinski definition) is 5. The Labute approximate surface area is 130 Å². The number of rotatable bonds is 8. The maximum atomic E-state index is 12.0. The van der Waals surface area contributed by atoms with E-state index in [0.29, 0.717) is 12.7 Å². The minimum Gasteiger partial charge on any atom is -0.449 e. The number of amides is 2. The highest BCUT2D eigenvalue weighted by atomic mass is 16.6. The van der Waals surface area contributed by atoms with Gasteiger partial charge in [-0.25, -0.2) is 20.0 Å². The van der Waals surface area contributed by atoms with Gasteiger partial charge in [0.1, 0.15) is 6.29 Å². The third-order valence-electron chi connectivity index (χ3n) is 2.48. The minimum atomic E-state index is -0.764. The van der Waals surface area contributed by atoms with Crippen LogP contribution in [0, 0.1) is 0 Å². The van der Waals surface area contributed by atoms with Crippen LogP contribution in [0.1, 0.15) is 33.6 Å². The number of hydrazine groups is 1. The van der Waals surface area contributed by atoms with Crippen LogP contribution in [0.15, 0.2) is 24.3 Å². The number of allylic oxidation sites excluding steroid dienone is 2. The first-order chi connectivity index (χ1) is 10.6. The summed E-state index contributed by atoms with van der Waals surface area (Å²) in [6.45, 7) is 5.63. The van der Waals surface area contributed by atoms with Crippen molar-refractivity contribution in [1.82, 2.24) is 10.4 Å². The maximum Gasteiger partial charge on any atom is 0.429 e. The SMILES string of the molecule is CC/C=C/C[C@@H](/C=C/C=O)N(NC(=O)OCC)C(=O)OCC. The summed E-state index contributed by atoms with van der Waals surface area (Å²) >= 11 is 0. The highest BCUT2D eigenvalue weighted by Gasteiger charge is 2.24. The molecule has 124 valence electrons. The van der Waals surface area contributed by atoms with Crippen LogP contribution < -0.4 is 5.43 Å². The topological polar surface area (TPSA) is 84.9 Å². The number of aldehydes is 1. The summed E-state index contributed by atoms with van der Waals surface area (Å²) in [5.74, 6) is 0. The smallest absolute Gasteiger partial charge is 0.429 e. The summed E-state index contributed by atoms with van der Waals surface area (Å²) in [6.07, 6.45) is 6.94. The Morgan fingerprint density at radius 3 is 2.36 bits per heavy atom. The number of nitrogens with zero attached hydrogens (tertiary/aromatic N) is 1. The van der Waals surface area contributed by atoms with Gasteiger partial charge in [-0.05, 0) is 32.8 Å². The zero-order chi connectivity index (χ0) is 16.8. The lowest BCUT2D eigenvalue weighted by Gasteiger charge is -2.27. The van der Waals surface area contributed by atoms with E-state index in [-0.39, 0.29) is 13.2 Å². The molecule has 0 saturated carbocycles. The second-order valence-electron chi connectivity index (χ2n) is 4.10. The lowest BCUT2D eigenvalue weighted by molar-refractivity contribution is -0.104. The van der Waals surface area contributed by atoms with Gasteiger partial charge in [0.05, 0.1) is 19.3 Å². The van der Waals surface area contributed by atoms with Gasteiger partial charge in [-0.2, -0.15) is 0 Å². The van der Waals surface area contributed by atoms with Gasteiger partial charge in [0, 0.05) is 0 Å². The second kappa shape index (κ2) is 12.4. The number of carbonyl (C=O) groups is 3. The fourth-order valence-electron chi connectivity index (χ4n) is 1.56. The molecule has 0 rings (SSSR count). The first-order valence-electron chi connectivity index (χ1n) is 7.26. The molecule has 2 amide bonds. The van der Waals surface area contributed by atoms with Gasteiger partial charge in [0.25, 0.3) is 0 Å². The molecule has 0 heterocycles. The normalized spacial score (nSPS) is 12.1. The maximum absolute atomic E-state index is 12.0. The van der Waals surface area contributed by atoms with Crippen LogP contribution in [0.2, 0.25) is 0 Å². The van der Waals surface area contributed by atoms with Gasteiger partial charge >= 0.3 is 12.2 Å². The second-order valence-corrected chi connectivity index (χ2v) is 4.10. The number of ether oxygens (including phenoxy) is 2. The van der Waals surface area contributed by atoms with Crippen molar-refractivity contribution in [3.05, 3.63) is 24.3 Å². The molecule has 0 aliphatic carbocycles. The van der Waals surface area contributed by atoms with E-state index in [1.165, 1.54) is 12.2 Å². The molecule has 0 spiro atoms. The van der Waals surface area contributed by atoms with Gasteiger partial charge in [-0.3, -0.25) is 4.79 Å². The van der Waals surface area contributed by atoms with E-state index in [2.05, 4.69) is 5.43 Å². The van der Waals surface area contributed by atoms with Gasteiger partial charge in [-0.15, -0.1) is 0 Å². The van der Waals surface area contributed by atoms with Crippen LogP contribution in [0.25, 0.3) is 0 Å². The Morgan fingerprint density at radius 2 is 1.82 bits per heavy atom. The van der Waals surface area contributed by atoms with Gasteiger partial charge in [0.2, 0.25) is 0 Å². The summed E-state index contributed by atoms with van der Waals surface area (Å²) in [5, 5.41) is 1.02. The highest BCUT2D eigenvalue weighted by molar-refractivity contribution is 5.74. The van der Waals surface area contributed by atoms with Crippen molar-refractivity contribution >= 4 is 18.5 Å². The molecule has 0 unspecified atom stereocenters. The largest absolute Gasteiger partial charge is 0.449 e. The molecule has 0 saturated heterocycles. The average molecular weight is 312 g/mol. The number of hydrogen-bond donors (Lipinski definition) is 1. The first kappa shape index (κ1) is 19.7. The third kappa shape index (κ3) is 8.08. The van der Waals surface area contributed by atoms with E-state index >= 15 is 0 Å².